The summed E-state index contributed by atoms with van der Waals surface area (Å²) in [6.07, 6.45) is -0.0253. The van der Waals surface area contributed by atoms with Crippen molar-refractivity contribution in [3.8, 4) is 11.5 Å². The van der Waals surface area contributed by atoms with E-state index in [0.717, 1.165) is 0 Å². The Balaban J connectivity index is 2.12. The van der Waals surface area contributed by atoms with Crippen molar-refractivity contribution in [3.05, 3.63) is 34.4 Å². The van der Waals surface area contributed by atoms with Crippen LogP contribution >= 0.6 is 0 Å². The van der Waals surface area contributed by atoms with Gasteiger partial charge in [0.1, 0.15) is 11.5 Å². The van der Waals surface area contributed by atoms with Gasteiger partial charge in [-0.1, -0.05) is 6.92 Å². The molecule has 0 heterocycles. The number of allylic oxidation sites excluding steroid dienone is 1. The van der Waals surface area contributed by atoms with Gasteiger partial charge in [0.15, 0.2) is 25.2 Å². The lowest BCUT2D eigenvalue weighted by Crippen LogP contribution is -2.34. The summed E-state index contributed by atoms with van der Waals surface area (Å²) in [5.74, 6) is 0.0143. The van der Waals surface area contributed by atoms with Gasteiger partial charge in [0.05, 0.1) is 11.7 Å². The third-order valence-electron chi connectivity index (χ3n) is 4.58. The highest BCUT2D eigenvalue weighted by atomic mass is 16.7. The third kappa shape index (κ3) is 3.25. The second-order valence-corrected chi connectivity index (χ2v) is 6.56. The molecule has 0 bridgehead atoms. The predicted molar refractivity (Wildman–Crippen MR) is 91.5 cm³/mol. The summed E-state index contributed by atoms with van der Waals surface area (Å²) in [5.41, 5.74) is 0.933. The van der Waals surface area contributed by atoms with E-state index >= 15 is 0 Å². The quantitative estimate of drug-likeness (QED) is 0.775. The molecule has 26 heavy (non-hydrogen) atoms. The van der Waals surface area contributed by atoms with Crippen LogP contribution in [0, 0.1) is 5.92 Å². The second-order valence-electron chi connectivity index (χ2n) is 6.56. The van der Waals surface area contributed by atoms with Crippen molar-refractivity contribution in [2.45, 2.75) is 25.9 Å². The Morgan fingerprint density at radius 2 is 1.77 bits per heavy atom. The van der Waals surface area contributed by atoms with Gasteiger partial charge in [-0.25, -0.2) is 0 Å². The average molecular weight is 362 g/mol. The monoisotopic (exact) mass is 362 g/mol. The number of benzene rings is 1. The number of hydrogen-bond donors (Lipinski definition) is 1. The van der Waals surface area contributed by atoms with Gasteiger partial charge in [-0.3, -0.25) is 9.59 Å². The summed E-state index contributed by atoms with van der Waals surface area (Å²) in [6, 6.07) is 3.04. The maximum absolute atomic E-state index is 13.1. The Hall–Kier alpha value is -2.22. The molecular weight excluding hydrogens is 340 g/mol. The summed E-state index contributed by atoms with van der Waals surface area (Å²) in [5, 5.41) is 10.4. The molecule has 1 N–H and O–H groups in total. The Morgan fingerprint density at radius 3 is 2.46 bits per heavy atom. The Morgan fingerprint density at radius 1 is 1.08 bits per heavy atom. The van der Waals surface area contributed by atoms with Crippen LogP contribution in [-0.2, 0) is 9.47 Å². The Bertz CT molecular complexity index is 765. The van der Waals surface area contributed by atoms with Crippen LogP contribution in [-0.4, -0.2) is 50.6 Å². The second kappa shape index (κ2) is 7.57. The highest BCUT2D eigenvalue weighted by Crippen LogP contribution is 2.42. The fraction of sp³-hybridized carbons (Fsp3) is 0.474. The van der Waals surface area contributed by atoms with E-state index in [1.165, 1.54) is 26.4 Å². The molecule has 2 atom stereocenters. The zero-order valence-electron chi connectivity index (χ0n) is 15.0. The SMILES string of the molecule is COCOc1cc(OCOC)c2c(c1)C(=O)C1=C(C2=O)[C@@H](O)C[C@@H](C)C1. The maximum Gasteiger partial charge on any atom is 0.196 e. The first-order valence-corrected chi connectivity index (χ1v) is 8.39. The number of ether oxygens (including phenoxy) is 4. The van der Waals surface area contributed by atoms with E-state index in [2.05, 4.69) is 0 Å². The number of aliphatic hydroxyl groups is 1. The van der Waals surface area contributed by atoms with Gasteiger partial charge in [0.2, 0.25) is 0 Å². The molecule has 3 rings (SSSR count). The van der Waals surface area contributed by atoms with Gasteiger partial charge < -0.3 is 24.1 Å². The van der Waals surface area contributed by atoms with Gasteiger partial charge in [-0.2, -0.15) is 0 Å². The average Bonchev–Trinajstić information content (AvgIpc) is 2.61. The molecule has 2 aliphatic rings. The van der Waals surface area contributed by atoms with E-state index in [0.29, 0.717) is 24.2 Å². The molecule has 1 aromatic carbocycles. The molecule has 0 fully saturated rings. The van der Waals surface area contributed by atoms with E-state index in [9.17, 15) is 14.7 Å². The highest BCUT2D eigenvalue weighted by molar-refractivity contribution is 6.28. The van der Waals surface area contributed by atoms with Gasteiger partial charge in [-0.05, 0) is 24.8 Å². The minimum Gasteiger partial charge on any atom is -0.467 e. The number of fused-ring (bicyclic) bond motifs is 1. The van der Waals surface area contributed by atoms with Gasteiger partial charge >= 0.3 is 0 Å². The van der Waals surface area contributed by atoms with Crippen molar-refractivity contribution < 1.29 is 33.6 Å². The van der Waals surface area contributed by atoms with Crippen LogP contribution in [0.5, 0.6) is 11.5 Å². The number of Topliss-reactive ketones (excluding diaryl/α,β-unsaturated/α-hetero) is 2. The van der Waals surface area contributed by atoms with Crippen LogP contribution in [0.3, 0.4) is 0 Å². The van der Waals surface area contributed by atoms with Gasteiger partial charge in [0.25, 0.3) is 0 Å². The van der Waals surface area contributed by atoms with Crippen LogP contribution in [0.4, 0.5) is 0 Å². The van der Waals surface area contributed by atoms with Crippen molar-refractivity contribution in [3.63, 3.8) is 0 Å². The first-order valence-electron chi connectivity index (χ1n) is 8.39. The summed E-state index contributed by atoms with van der Waals surface area (Å²) < 4.78 is 20.7. The molecule has 0 saturated carbocycles. The summed E-state index contributed by atoms with van der Waals surface area (Å²) in [7, 11) is 2.94. The standard InChI is InChI=1S/C19H22O7/c1-10-4-12-16(14(20)5-10)19(22)17-13(18(12)21)6-11(25-8-23-2)7-15(17)26-9-24-3/h6-7,10,14,20H,4-5,8-9H2,1-3H3/t10-,14-/m0/s1. The first-order chi connectivity index (χ1) is 12.5. The van der Waals surface area contributed by atoms with Crippen molar-refractivity contribution >= 4 is 11.6 Å². The van der Waals surface area contributed by atoms with Crippen LogP contribution in [0.2, 0.25) is 0 Å². The van der Waals surface area contributed by atoms with Crippen molar-refractivity contribution in [1.82, 2.24) is 0 Å². The summed E-state index contributed by atoms with van der Waals surface area (Å²) in [6.45, 7) is 1.85. The number of ketones is 2. The summed E-state index contributed by atoms with van der Waals surface area (Å²) >= 11 is 0. The van der Waals surface area contributed by atoms with Crippen LogP contribution in [0.1, 0.15) is 40.5 Å². The zero-order chi connectivity index (χ0) is 18.8. The Kier molecular flexibility index (Phi) is 5.41. The van der Waals surface area contributed by atoms with Crippen LogP contribution < -0.4 is 9.47 Å². The minimum atomic E-state index is -0.946. The molecule has 0 spiro atoms. The molecule has 0 radical (unpaired) electrons. The van der Waals surface area contributed by atoms with Crippen molar-refractivity contribution in [2.24, 2.45) is 5.92 Å². The smallest absolute Gasteiger partial charge is 0.196 e. The van der Waals surface area contributed by atoms with E-state index in [1.54, 1.807) is 0 Å². The highest BCUT2D eigenvalue weighted by Gasteiger charge is 2.41. The number of methoxy groups -OCH3 is 2. The fourth-order valence-electron chi connectivity index (χ4n) is 3.49. The number of rotatable bonds is 6. The number of hydrogen-bond acceptors (Lipinski definition) is 7. The lowest BCUT2D eigenvalue weighted by molar-refractivity contribution is 0.0452. The van der Waals surface area contributed by atoms with Gasteiger partial charge in [0, 0.05) is 37.0 Å². The zero-order valence-corrected chi connectivity index (χ0v) is 15.0. The Labute approximate surface area is 151 Å². The lowest BCUT2D eigenvalue weighted by Gasteiger charge is -2.32. The molecule has 7 nitrogen and oxygen atoms in total. The van der Waals surface area contributed by atoms with E-state index in [-0.39, 0.29) is 53.5 Å². The largest absolute Gasteiger partial charge is 0.467 e. The molecule has 1 aromatic rings. The van der Waals surface area contributed by atoms with E-state index < -0.39 is 6.10 Å². The fourth-order valence-corrected chi connectivity index (χ4v) is 3.49. The molecule has 0 aliphatic heterocycles. The van der Waals surface area contributed by atoms with Gasteiger partial charge in [-0.15, -0.1) is 0 Å². The first kappa shape index (κ1) is 18.6. The van der Waals surface area contributed by atoms with Crippen LogP contribution in [0.25, 0.3) is 0 Å². The molecule has 0 saturated heterocycles. The number of carbonyl (C=O) groups is 2. The maximum atomic E-state index is 13.1. The van der Waals surface area contributed by atoms with E-state index in [4.69, 9.17) is 18.9 Å². The predicted octanol–water partition coefficient (Wildman–Crippen LogP) is 2.12. The summed E-state index contributed by atoms with van der Waals surface area (Å²) in [4.78, 5) is 26.1. The number of carbonyl (C=O) groups excluding carboxylic acids is 2. The molecule has 2 aliphatic carbocycles. The third-order valence-corrected chi connectivity index (χ3v) is 4.58. The normalized spacial score (nSPS) is 22.2. The van der Waals surface area contributed by atoms with Crippen LogP contribution in [0.15, 0.2) is 23.3 Å². The molecule has 140 valence electrons. The molecule has 7 heteroatoms. The molecule has 0 aromatic heterocycles. The molecular formula is C19H22O7. The van der Waals surface area contributed by atoms with E-state index in [1.807, 2.05) is 6.92 Å². The topological polar surface area (TPSA) is 91.3 Å². The number of aliphatic hydroxyl groups excluding tert-OH is 1. The minimum absolute atomic E-state index is 0.00562. The van der Waals surface area contributed by atoms with Crippen molar-refractivity contribution in [2.75, 3.05) is 27.8 Å². The lowest BCUT2D eigenvalue weighted by atomic mass is 9.73. The molecule has 0 unspecified atom stereocenters. The van der Waals surface area contributed by atoms with Crippen molar-refractivity contribution in [1.29, 1.82) is 0 Å². The molecule has 0 amide bonds.